The van der Waals surface area contributed by atoms with Crippen molar-refractivity contribution < 1.29 is 0 Å². The number of rotatable bonds is 1. The maximum atomic E-state index is 4.10. The maximum Gasteiger partial charge on any atom is 0.0288 e. The summed E-state index contributed by atoms with van der Waals surface area (Å²) < 4.78 is 0. The van der Waals surface area contributed by atoms with Crippen LogP contribution in [0.1, 0.15) is 26.2 Å². The van der Waals surface area contributed by atoms with Crippen molar-refractivity contribution in [2.45, 2.75) is 32.2 Å². The average Bonchev–Trinajstić information content (AvgIpc) is 2.67. The molecule has 1 heterocycles. The minimum absolute atomic E-state index is 0.751. The molecular formula is C9H15N. The van der Waals surface area contributed by atoms with E-state index in [9.17, 15) is 0 Å². The molecule has 2 fully saturated rings. The molecule has 1 atom stereocenters. The quantitative estimate of drug-likeness (QED) is 0.534. The Morgan fingerprint density at radius 3 is 2.50 bits per heavy atom. The number of nitrogens with zero attached hydrogens (tertiary/aromatic N) is 1. The molecule has 1 saturated carbocycles. The second-order valence-electron chi connectivity index (χ2n) is 3.61. The van der Waals surface area contributed by atoms with E-state index in [4.69, 9.17) is 0 Å². The van der Waals surface area contributed by atoms with Crippen LogP contribution in [0.2, 0.25) is 0 Å². The molecule has 1 aliphatic heterocycles. The second-order valence-corrected chi connectivity index (χ2v) is 3.61. The third-order valence-electron chi connectivity index (χ3n) is 2.73. The van der Waals surface area contributed by atoms with E-state index in [1.807, 2.05) is 0 Å². The zero-order valence-electron chi connectivity index (χ0n) is 6.64. The molecule has 1 nitrogen and oxygen atoms in total. The van der Waals surface area contributed by atoms with E-state index in [1.165, 1.54) is 31.5 Å². The summed E-state index contributed by atoms with van der Waals surface area (Å²) in [5, 5.41) is 0. The fraction of sp³-hybridized carbons (Fsp3) is 0.778. The van der Waals surface area contributed by atoms with Crippen LogP contribution in [0.25, 0.3) is 0 Å². The van der Waals surface area contributed by atoms with Gasteiger partial charge >= 0.3 is 0 Å². The van der Waals surface area contributed by atoms with Gasteiger partial charge in [0.2, 0.25) is 0 Å². The van der Waals surface area contributed by atoms with Crippen molar-refractivity contribution >= 4 is 0 Å². The van der Waals surface area contributed by atoms with Gasteiger partial charge in [-0.2, -0.15) is 0 Å². The van der Waals surface area contributed by atoms with E-state index in [0.717, 1.165) is 12.0 Å². The first-order chi connectivity index (χ1) is 4.79. The molecule has 0 aromatic carbocycles. The summed E-state index contributed by atoms with van der Waals surface area (Å²) >= 11 is 0. The van der Waals surface area contributed by atoms with E-state index >= 15 is 0 Å². The number of hydrogen-bond acceptors (Lipinski definition) is 1. The zero-order valence-corrected chi connectivity index (χ0v) is 6.64. The van der Waals surface area contributed by atoms with Crippen molar-refractivity contribution in [3.8, 4) is 0 Å². The normalized spacial score (nSPS) is 33.5. The van der Waals surface area contributed by atoms with E-state index in [1.54, 1.807) is 0 Å². The third kappa shape index (κ3) is 0.845. The van der Waals surface area contributed by atoms with Crippen LogP contribution in [0.5, 0.6) is 0 Å². The molecule has 56 valence electrons. The van der Waals surface area contributed by atoms with Crippen LogP contribution in [-0.4, -0.2) is 17.5 Å². The third-order valence-corrected chi connectivity index (χ3v) is 2.73. The minimum atomic E-state index is 0.751. The van der Waals surface area contributed by atoms with Crippen LogP contribution in [-0.2, 0) is 0 Å². The Labute approximate surface area is 62.7 Å². The van der Waals surface area contributed by atoms with E-state index in [2.05, 4.69) is 18.4 Å². The lowest BCUT2D eigenvalue weighted by Crippen LogP contribution is -2.19. The van der Waals surface area contributed by atoms with Gasteiger partial charge in [0.15, 0.2) is 0 Å². The fourth-order valence-corrected chi connectivity index (χ4v) is 1.73. The Bertz CT molecular complexity index is 158. The molecule has 2 aliphatic rings. The van der Waals surface area contributed by atoms with Gasteiger partial charge in [-0.1, -0.05) is 13.5 Å². The zero-order chi connectivity index (χ0) is 7.14. The first-order valence-corrected chi connectivity index (χ1v) is 4.24. The second kappa shape index (κ2) is 2.01. The summed E-state index contributed by atoms with van der Waals surface area (Å²) in [6.07, 6.45) is 4.15. The van der Waals surface area contributed by atoms with Crippen molar-refractivity contribution in [3.63, 3.8) is 0 Å². The first kappa shape index (κ1) is 6.26. The van der Waals surface area contributed by atoms with Crippen molar-refractivity contribution in [1.82, 2.24) is 4.90 Å². The maximum absolute atomic E-state index is 4.10. The van der Waals surface area contributed by atoms with Gasteiger partial charge in [0.1, 0.15) is 0 Å². The molecule has 0 N–H and O–H groups in total. The summed E-state index contributed by atoms with van der Waals surface area (Å²) in [6.45, 7) is 7.65. The first-order valence-electron chi connectivity index (χ1n) is 4.24. The Hall–Kier alpha value is -0.460. The lowest BCUT2D eigenvalue weighted by molar-refractivity contribution is 0.381. The fourth-order valence-electron chi connectivity index (χ4n) is 1.73. The van der Waals surface area contributed by atoms with Gasteiger partial charge in [0.25, 0.3) is 0 Å². The molecule has 0 bridgehead atoms. The van der Waals surface area contributed by atoms with Crippen LogP contribution < -0.4 is 0 Å². The van der Waals surface area contributed by atoms with Crippen molar-refractivity contribution in [1.29, 1.82) is 0 Å². The van der Waals surface area contributed by atoms with Gasteiger partial charge < -0.3 is 4.90 Å². The Morgan fingerprint density at radius 1 is 1.40 bits per heavy atom. The van der Waals surface area contributed by atoms with Crippen molar-refractivity contribution in [2.24, 2.45) is 5.92 Å². The molecule has 0 spiro atoms. The van der Waals surface area contributed by atoms with Gasteiger partial charge in [-0.25, -0.2) is 0 Å². The minimum Gasteiger partial charge on any atom is -0.372 e. The molecule has 0 amide bonds. The summed E-state index contributed by atoms with van der Waals surface area (Å²) in [6, 6.07) is 0.887. The van der Waals surface area contributed by atoms with Gasteiger partial charge in [0, 0.05) is 18.3 Å². The van der Waals surface area contributed by atoms with Gasteiger partial charge in [-0.05, 0) is 25.2 Å². The Kier molecular flexibility index (Phi) is 1.26. The molecule has 0 aromatic rings. The summed E-state index contributed by atoms with van der Waals surface area (Å²) in [5.41, 5.74) is 1.39. The molecule has 1 heteroatoms. The van der Waals surface area contributed by atoms with Crippen molar-refractivity contribution in [3.05, 3.63) is 12.3 Å². The van der Waals surface area contributed by atoms with E-state index in [0.29, 0.717) is 0 Å². The molecule has 10 heavy (non-hydrogen) atoms. The Balaban J connectivity index is 2.03. The largest absolute Gasteiger partial charge is 0.372 e. The number of allylic oxidation sites excluding steroid dienone is 1. The molecule has 1 saturated heterocycles. The van der Waals surface area contributed by atoms with E-state index in [-0.39, 0.29) is 0 Å². The predicted octanol–water partition coefficient (Wildman–Crippen LogP) is 2.00. The molecule has 2 rings (SSSR count). The number of likely N-dealkylation sites (tertiary alicyclic amines) is 1. The molecular weight excluding hydrogens is 122 g/mol. The van der Waals surface area contributed by atoms with E-state index < -0.39 is 0 Å². The van der Waals surface area contributed by atoms with Crippen LogP contribution >= 0.6 is 0 Å². The van der Waals surface area contributed by atoms with Crippen LogP contribution in [0.3, 0.4) is 0 Å². The highest BCUT2D eigenvalue weighted by molar-refractivity contribution is 5.09. The van der Waals surface area contributed by atoms with Crippen LogP contribution in [0, 0.1) is 5.92 Å². The Morgan fingerprint density at radius 2 is 2.10 bits per heavy atom. The summed E-state index contributed by atoms with van der Waals surface area (Å²) in [7, 11) is 0. The summed E-state index contributed by atoms with van der Waals surface area (Å²) in [4.78, 5) is 2.50. The lowest BCUT2D eigenvalue weighted by Gasteiger charge is -2.19. The smallest absolute Gasteiger partial charge is 0.0288 e. The monoisotopic (exact) mass is 137 g/mol. The lowest BCUT2D eigenvalue weighted by atomic mass is 10.1. The van der Waals surface area contributed by atoms with Gasteiger partial charge in [-0.15, -0.1) is 0 Å². The topological polar surface area (TPSA) is 3.24 Å². The van der Waals surface area contributed by atoms with Gasteiger partial charge in [-0.3, -0.25) is 0 Å². The molecule has 0 radical (unpaired) electrons. The summed E-state index contributed by atoms with van der Waals surface area (Å²) in [5.74, 6) is 0.751. The highest BCUT2D eigenvalue weighted by Gasteiger charge is 2.34. The molecule has 0 aromatic heterocycles. The SMILES string of the molecule is C=C1C(C)CCN1C1CC1. The highest BCUT2D eigenvalue weighted by Crippen LogP contribution is 2.36. The number of hydrogen-bond donors (Lipinski definition) is 0. The van der Waals surface area contributed by atoms with Crippen LogP contribution in [0.4, 0.5) is 0 Å². The van der Waals surface area contributed by atoms with Crippen molar-refractivity contribution in [2.75, 3.05) is 6.54 Å². The molecule has 1 aliphatic carbocycles. The highest BCUT2D eigenvalue weighted by atomic mass is 15.2. The molecule has 1 unspecified atom stereocenters. The average molecular weight is 137 g/mol. The van der Waals surface area contributed by atoms with Gasteiger partial charge in [0.05, 0.1) is 0 Å². The van der Waals surface area contributed by atoms with Crippen LogP contribution in [0.15, 0.2) is 12.3 Å². The standard InChI is InChI=1S/C9H15N/c1-7-5-6-10(8(7)2)9-3-4-9/h7,9H,2-6H2,1H3. The predicted molar refractivity (Wildman–Crippen MR) is 42.6 cm³/mol.